The predicted octanol–water partition coefficient (Wildman–Crippen LogP) is 2.98. The number of ether oxygens (including phenoxy) is 1. The minimum Gasteiger partial charge on any atom is -0.471 e. The van der Waals surface area contributed by atoms with Crippen LogP contribution in [0.15, 0.2) is 24.4 Å². The minimum absolute atomic E-state index is 0.231. The number of halogens is 1. The normalized spacial score (nSPS) is 20.0. The summed E-state index contributed by atoms with van der Waals surface area (Å²) in [5.74, 6) is 0.156. The van der Waals surface area contributed by atoms with Gasteiger partial charge in [0, 0.05) is 11.8 Å². The fourth-order valence-electron chi connectivity index (χ4n) is 3.44. The molecule has 0 N–H and O–H groups in total. The highest BCUT2D eigenvalue weighted by Crippen LogP contribution is 2.37. The zero-order chi connectivity index (χ0) is 19.2. The zero-order valence-electron chi connectivity index (χ0n) is 16.2. The second-order valence-electron chi connectivity index (χ2n) is 8.17. The van der Waals surface area contributed by atoms with Crippen molar-refractivity contribution >= 4 is 12.6 Å². The molecule has 0 atom stereocenters. The van der Waals surface area contributed by atoms with Gasteiger partial charge in [-0.15, -0.1) is 0 Å². The van der Waals surface area contributed by atoms with Crippen molar-refractivity contribution < 1.29 is 18.4 Å². The first-order valence-corrected chi connectivity index (χ1v) is 9.37. The number of fused-ring (bicyclic) bond motifs is 1. The monoisotopic (exact) mass is 370 g/mol. The van der Waals surface area contributed by atoms with Crippen LogP contribution in [0.5, 0.6) is 5.88 Å². The van der Waals surface area contributed by atoms with Crippen molar-refractivity contribution in [3.05, 3.63) is 47.2 Å². The van der Waals surface area contributed by atoms with Crippen molar-refractivity contribution in [3.63, 3.8) is 0 Å². The van der Waals surface area contributed by atoms with Crippen LogP contribution in [0.2, 0.25) is 0 Å². The molecule has 5 nitrogen and oxygen atoms in total. The fourth-order valence-corrected chi connectivity index (χ4v) is 3.44. The van der Waals surface area contributed by atoms with Gasteiger partial charge in [0.2, 0.25) is 5.88 Å². The molecule has 1 saturated heterocycles. The number of pyridine rings is 2. The van der Waals surface area contributed by atoms with E-state index in [0.29, 0.717) is 11.6 Å². The third kappa shape index (κ3) is 3.46. The van der Waals surface area contributed by atoms with Gasteiger partial charge in [-0.05, 0) is 70.1 Å². The van der Waals surface area contributed by atoms with Crippen LogP contribution in [0.25, 0.3) is 0 Å². The number of hydrogen-bond donors (Lipinski definition) is 0. The molecule has 1 fully saturated rings. The van der Waals surface area contributed by atoms with Gasteiger partial charge in [-0.1, -0.05) is 0 Å². The van der Waals surface area contributed by atoms with E-state index in [4.69, 9.17) is 14.0 Å². The summed E-state index contributed by atoms with van der Waals surface area (Å²) in [6, 6.07) is 4.89. The summed E-state index contributed by atoms with van der Waals surface area (Å²) in [7, 11) is -0.434. The first-order valence-electron chi connectivity index (χ1n) is 9.37. The molecule has 142 valence electrons. The van der Waals surface area contributed by atoms with Crippen molar-refractivity contribution in [1.82, 2.24) is 9.97 Å². The summed E-state index contributed by atoms with van der Waals surface area (Å²) in [6.07, 6.45) is 4.15. The molecule has 0 bridgehead atoms. The number of nitrogens with zero attached hydrogens (tertiary/aromatic N) is 2. The lowest BCUT2D eigenvalue weighted by Crippen LogP contribution is -2.41. The fraction of sp³-hybridized carbons (Fsp3) is 0.500. The van der Waals surface area contributed by atoms with Gasteiger partial charge in [0.15, 0.2) is 0 Å². The first-order chi connectivity index (χ1) is 12.7. The predicted molar refractivity (Wildman–Crippen MR) is 101 cm³/mol. The van der Waals surface area contributed by atoms with Crippen molar-refractivity contribution in [3.8, 4) is 5.88 Å². The summed E-state index contributed by atoms with van der Waals surface area (Å²) in [6.45, 7) is 8.42. The highest BCUT2D eigenvalue weighted by Gasteiger charge is 2.52. The quantitative estimate of drug-likeness (QED) is 0.775. The zero-order valence-corrected chi connectivity index (χ0v) is 16.2. The molecular formula is C20H24BFN2O3. The average Bonchev–Trinajstić information content (AvgIpc) is 3.15. The van der Waals surface area contributed by atoms with E-state index in [1.165, 1.54) is 17.8 Å². The van der Waals surface area contributed by atoms with Gasteiger partial charge in [-0.2, -0.15) is 0 Å². The Labute approximate surface area is 159 Å². The SMILES string of the molecule is CC1(C)OB(c2cc(OCc3ccc(F)cn3)nc3c2CCC3)OC1(C)C. The number of aromatic nitrogens is 2. The average molecular weight is 370 g/mol. The minimum atomic E-state index is -0.434. The number of hydrogen-bond acceptors (Lipinski definition) is 5. The third-order valence-corrected chi connectivity index (χ3v) is 5.73. The van der Waals surface area contributed by atoms with Gasteiger partial charge >= 0.3 is 7.12 Å². The summed E-state index contributed by atoms with van der Waals surface area (Å²) in [5, 5.41) is 0. The third-order valence-electron chi connectivity index (χ3n) is 5.73. The molecule has 7 heteroatoms. The van der Waals surface area contributed by atoms with Crippen LogP contribution < -0.4 is 10.2 Å². The maximum Gasteiger partial charge on any atom is 0.495 e. The Morgan fingerprint density at radius 3 is 2.56 bits per heavy atom. The molecule has 0 amide bonds. The molecule has 0 unspecified atom stereocenters. The Balaban J connectivity index is 1.60. The summed E-state index contributed by atoms with van der Waals surface area (Å²) in [4.78, 5) is 8.68. The van der Waals surface area contributed by atoms with Crippen molar-refractivity contribution in [2.24, 2.45) is 0 Å². The molecule has 0 radical (unpaired) electrons. The Kier molecular flexibility index (Phi) is 4.47. The van der Waals surface area contributed by atoms with Gasteiger partial charge in [-0.3, -0.25) is 4.98 Å². The van der Waals surface area contributed by atoms with E-state index in [-0.39, 0.29) is 12.4 Å². The van der Waals surface area contributed by atoms with Gasteiger partial charge < -0.3 is 14.0 Å². The standard InChI is InChI=1S/C20H24BFN2O3/c1-19(2)20(3,4)27-21(26-19)16-10-18(24-17-7-5-6-15(16)17)25-12-14-9-8-13(22)11-23-14/h8-11H,5-7,12H2,1-4H3. The molecule has 4 rings (SSSR count). The van der Waals surface area contributed by atoms with Crippen LogP contribution in [0.3, 0.4) is 0 Å². The topological polar surface area (TPSA) is 53.5 Å². The molecule has 2 aromatic heterocycles. The van der Waals surface area contributed by atoms with E-state index in [0.717, 1.165) is 30.4 Å². The molecule has 3 heterocycles. The van der Waals surface area contributed by atoms with E-state index >= 15 is 0 Å². The highest BCUT2D eigenvalue weighted by atomic mass is 19.1. The lowest BCUT2D eigenvalue weighted by molar-refractivity contribution is 0.00578. The Morgan fingerprint density at radius 1 is 1.15 bits per heavy atom. The van der Waals surface area contributed by atoms with E-state index in [1.807, 2.05) is 33.8 Å². The Bertz CT molecular complexity index is 839. The van der Waals surface area contributed by atoms with Gasteiger partial charge in [0.05, 0.1) is 23.1 Å². The second kappa shape index (κ2) is 6.57. The molecule has 0 spiro atoms. The van der Waals surface area contributed by atoms with Crippen LogP contribution in [0.1, 0.15) is 51.1 Å². The van der Waals surface area contributed by atoms with Crippen LogP contribution in [-0.4, -0.2) is 28.3 Å². The van der Waals surface area contributed by atoms with E-state index in [9.17, 15) is 4.39 Å². The van der Waals surface area contributed by atoms with Crippen molar-refractivity contribution in [2.45, 2.75) is 64.8 Å². The van der Waals surface area contributed by atoms with Gasteiger partial charge in [0.1, 0.15) is 12.4 Å². The highest BCUT2D eigenvalue weighted by molar-refractivity contribution is 6.62. The van der Waals surface area contributed by atoms with Crippen LogP contribution in [0.4, 0.5) is 4.39 Å². The lowest BCUT2D eigenvalue weighted by atomic mass is 9.76. The molecular weight excluding hydrogens is 346 g/mol. The molecule has 0 aromatic carbocycles. The van der Waals surface area contributed by atoms with E-state index in [2.05, 4.69) is 9.97 Å². The molecule has 0 saturated carbocycles. The van der Waals surface area contributed by atoms with E-state index in [1.54, 1.807) is 6.07 Å². The smallest absolute Gasteiger partial charge is 0.471 e. The van der Waals surface area contributed by atoms with Crippen LogP contribution >= 0.6 is 0 Å². The molecule has 1 aliphatic heterocycles. The summed E-state index contributed by atoms with van der Waals surface area (Å²) >= 11 is 0. The number of aryl methyl sites for hydroxylation is 1. The van der Waals surface area contributed by atoms with Gasteiger partial charge in [0.25, 0.3) is 0 Å². The second-order valence-corrected chi connectivity index (χ2v) is 8.17. The molecule has 27 heavy (non-hydrogen) atoms. The largest absolute Gasteiger partial charge is 0.495 e. The van der Waals surface area contributed by atoms with Crippen molar-refractivity contribution in [1.29, 1.82) is 0 Å². The number of rotatable bonds is 4. The Morgan fingerprint density at radius 2 is 1.89 bits per heavy atom. The summed E-state index contributed by atoms with van der Waals surface area (Å²) < 4.78 is 31.4. The maximum atomic E-state index is 13.0. The lowest BCUT2D eigenvalue weighted by Gasteiger charge is -2.32. The molecule has 2 aliphatic rings. The maximum absolute atomic E-state index is 13.0. The van der Waals surface area contributed by atoms with Crippen LogP contribution in [0, 0.1) is 5.82 Å². The Hall–Kier alpha value is -1.99. The molecule has 1 aliphatic carbocycles. The van der Waals surface area contributed by atoms with Gasteiger partial charge in [-0.25, -0.2) is 9.37 Å². The van der Waals surface area contributed by atoms with E-state index < -0.39 is 18.3 Å². The van der Waals surface area contributed by atoms with Crippen molar-refractivity contribution in [2.75, 3.05) is 0 Å². The molecule has 2 aromatic rings. The van der Waals surface area contributed by atoms with Crippen LogP contribution in [-0.2, 0) is 28.8 Å². The summed E-state index contributed by atoms with van der Waals surface area (Å²) in [5.41, 5.74) is 3.11. The first kappa shape index (κ1) is 18.4.